The summed E-state index contributed by atoms with van der Waals surface area (Å²) in [6, 6.07) is 4.44. The zero-order chi connectivity index (χ0) is 22.8. The predicted molar refractivity (Wildman–Crippen MR) is 78.7 cm³/mol. The van der Waals surface area contributed by atoms with Gasteiger partial charge in [-0.3, -0.25) is 0 Å². The summed E-state index contributed by atoms with van der Waals surface area (Å²) < 4.78 is 150. The molecule has 1 aliphatic rings. The van der Waals surface area contributed by atoms with Crippen molar-refractivity contribution in [2.24, 2.45) is 0 Å². The molecule has 1 unspecified atom stereocenters. The maximum absolute atomic E-state index is 14.7. The molecule has 2 rings (SSSR count). The molecule has 29 heavy (non-hydrogen) atoms. The van der Waals surface area contributed by atoms with Crippen LogP contribution >= 0.6 is 0 Å². The van der Waals surface area contributed by atoms with Crippen LogP contribution < -0.4 is 0 Å². The van der Waals surface area contributed by atoms with E-state index in [9.17, 15) is 53.4 Å². The molecule has 0 heterocycles. The first-order chi connectivity index (χ1) is 12.8. The number of rotatable bonds is 4. The summed E-state index contributed by atoms with van der Waals surface area (Å²) in [4.78, 5) is 0. The topological polar surface area (TPSA) is 20.2 Å². The second-order valence-electron chi connectivity index (χ2n) is 7.21. The third-order valence-corrected chi connectivity index (χ3v) is 5.04. The smallest absolute Gasteiger partial charge is 0.384 e. The highest BCUT2D eigenvalue weighted by Crippen LogP contribution is 2.70. The van der Waals surface area contributed by atoms with E-state index in [2.05, 4.69) is 0 Å². The summed E-state index contributed by atoms with van der Waals surface area (Å²) >= 11 is 0. The third kappa shape index (κ3) is 2.77. The van der Waals surface area contributed by atoms with Gasteiger partial charge in [0.05, 0.1) is 6.10 Å². The molecule has 0 bridgehead atoms. The molecule has 1 aliphatic carbocycles. The van der Waals surface area contributed by atoms with Crippen LogP contribution in [-0.4, -0.2) is 40.4 Å². The number of benzene rings is 1. The minimum absolute atomic E-state index is 0.0830. The Morgan fingerprint density at radius 1 is 0.621 bits per heavy atom. The molecular formula is C17H15F11O. The fourth-order valence-electron chi connectivity index (χ4n) is 3.03. The minimum atomic E-state index is -7.26. The lowest BCUT2D eigenvalue weighted by Gasteiger charge is -2.52. The zero-order valence-corrected chi connectivity index (χ0v) is 14.8. The van der Waals surface area contributed by atoms with Crippen LogP contribution in [0.1, 0.15) is 43.4 Å². The maximum Gasteiger partial charge on any atom is 0.384 e. The second-order valence-corrected chi connectivity index (χ2v) is 7.21. The van der Waals surface area contributed by atoms with Gasteiger partial charge in [-0.2, -0.15) is 43.9 Å². The monoisotopic (exact) mass is 444 g/mol. The van der Waals surface area contributed by atoms with E-state index in [1.54, 1.807) is 13.8 Å². The molecule has 1 fully saturated rings. The number of hydrogen-bond acceptors (Lipinski definition) is 1. The van der Waals surface area contributed by atoms with Crippen LogP contribution in [0, 0.1) is 0 Å². The largest absolute Gasteiger partial charge is 0.388 e. The van der Waals surface area contributed by atoms with Gasteiger partial charge in [0, 0.05) is 6.42 Å². The number of halogens is 11. The van der Waals surface area contributed by atoms with Crippen molar-refractivity contribution in [2.45, 2.75) is 67.6 Å². The SMILES string of the molecule is CC(C)c1ccc(C(O)CC2(F)C(F)(F)C(F)(F)C(F)(F)C(F)(F)C2(F)F)cc1. The molecule has 0 saturated heterocycles. The third-order valence-electron chi connectivity index (χ3n) is 5.04. The molecular weight excluding hydrogens is 429 g/mol. The molecule has 1 nitrogen and oxygen atoms in total. The van der Waals surface area contributed by atoms with Crippen molar-refractivity contribution in [2.75, 3.05) is 0 Å². The average Bonchev–Trinajstić information content (AvgIpc) is 2.59. The molecule has 12 heteroatoms. The number of alkyl halides is 11. The van der Waals surface area contributed by atoms with Gasteiger partial charge < -0.3 is 5.11 Å². The minimum Gasteiger partial charge on any atom is -0.388 e. The molecule has 166 valence electrons. The Kier molecular flexibility index (Phi) is 5.27. The summed E-state index contributed by atoms with van der Waals surface area (Å²) in [5.74, 6) is -35.5. The van der Waals surface area contributed by atoms with Crippen LogP contribution in [0.15, 0.2) is 24.3 Å². The number of aliphatic hydroxyl groups is 1. The normalized spacial score (nSPS) is 26.9. The van der Waals surface area contributed by atoms with E-state index in [0.717, 1.165) is 12.1 Å². The lowest BCUT2D eigenvalue weighted by atomic mass is 9.69. The highest BCUT2D eigenvalue weighted by molar-refractivity contribution is 5.30. The summed E-state index contributed by atoms with van der Waals surface area (Å²) in [6.45, 7) is 3.44. The average molecular weight is 444 g/mol. The van der Waals surface area contributed by atoms with E-state index in [1.807, 2.05) is 0 Å². The van der Waals surface area contributed by atoms with Crippen molar-refractivity contribution in [3.63, 3.8) is 0 Å². The summed E-state index contributed by atoms with van der Waals surface area (Å²) in [7, 11) is 0. The summed E-state index contributed by atoms with van der Waals surface area (Å²) in [5.41, 5.74) is -6.13. The quantitative estimate of drug-likeness (QED) is 0.554. The Labute approximate surface area is 157 Å². The van der Waals surface area contributed by atoms with Crippen molar-refractivity contribution in [1.29, 1.82) is 0 Å². The van der Waals surface area contributed by atoms with Crippen molar-refractivity contribution < 1.29 is 53.4 Å². The standard InChI is InChI=1S/C17H15F11O/c1-8(2)9-3-5-10(6-4-9)11(29)7-12(18)13(19,20)15(23,24)17(27,28)16(25,26)14(12,21)22/h3-6,8,11,29H,7H2,1-2H3. The molecule has 0 radical (unpaired) electrons. The Bertz CT molecular complexity index is 725. The van der Waals surface area contributed by atoms with Crippen LogP contribution in [0.25, 0.3) is 0 Å². The predicted octanol–water partition coefficient (Wildman–Crippen LogP) is 6.13. The molecule has 0 amide bonds. The maximum atomic E-state index is 14.7. The van der Waals surface area contributed by atoms with Crippen LogP contribution in [0.5, 0.6) is 0 Å². The van der Waals surface area contributed by atoms with Gasteiger partial charge >= 0.3 is 29.6 Å². The first kappa shape index (κ1) is 23.7. The summed E-state index contributed by atoms with van der Waals surface area (Å²) in [5, 5.41) is 9.82. The molecule has 1 atom stereocenters. The Hall–Kier alpha value is -1.59. The Morgan fingerprint density at radius 3 is 1.28 bits per heavy atom. The summed E-state index contributed by atoms with van der Waals surface area (Å²) in [6.07, 6.45) is -5.38. The van der Waals surface area contributed by atoms with Gasteiger partial charge in [-0.05, 0) is 17.0 Å². The Morgan fingerprint density at radius 2 is 0.931 bits per heavy atom. The molecule has 1 aromatic carbocycles. The van der Waals surface area contributed by atoms with E-state index in [-0.39, 0.29) is 5.92 Å². The van der Waals surface area contributed by atoms with E-state index in [0.29, 0.717) is 5.56 Å². The molecule has 0 aromatic heterocycles. The highest BCUT2D eigenvalue weighted by atomic mass is 19.4. The molecule has 0 spiro atoms. The van der Waals surface area contributed by atoms with Crippen LogP contribution in [-0.2, 0) is 0 Å². The van der Waals surface area contributed by atoms with Crippen molar-refractivity contribution >= 4 is 0 Å². The fourth-order valence-corrected chi connectivity index (χ4v) is 3.03. The molecule has 1 saturated carbocycles. The second kappa shape index (κ2) is 6.45. The molecule has 1 N–H and O–H groups in total. The lowest BCUT2D eigenvalue weighted by molar-refractivity contribution is -0.487. The van der Waals surface area contributed by atoms with Gasteiger partial charge in [0.2, 0.25) is 0 Å². The van der Waals surface area contributed by atoms with Gasteiger partial charge in [0.15, 0.2) is 0 Å². The van der Waals surface area contributed by atoms with Crippen molar-refractivity contribution in [3.8, 4) is 0 Å². The van der Waals surface area contributed by atoms with Gasteiger partial charge in [-0.1, -0.05) is 38.1 Å². The van der Waals surface area contributed by atoms with Crippen molar-refractivity contribution in [1.82, 2.24) is 0 Å². The highest BCUT2D eigenvalue weighted by Gasteiger charge is 3.00. The van der Waals surface area contributed by atoms with E-state index in [4.69, 9.17) is 0 Å². The van der Waals surface area contributed by atoms with Crippen LogP contribution in [0.2, 0.25) is 0 Å². The lowest BCUT2D eigenvalue weighted by Crippen LogP contribution is -2.83. The van der Waals surface area contributed by atoms with E-state index in [1.165, 1.54) is 12.1 Å². The number of hydrogen-bond donors (Lipinski definition) is 1. The zero-order valence-electron chi connectivity index (χ0n) is 14.8. The van der Waals surface area contributed by atoms with Crippen molar-refractivity contribution in [3.05, 3.63) is 35.4 Å². The molecule has 0 aliphatic heterocycles. The fraction of sp³-hybridized carbons (Fsp3) is 0.647. The van der Waals surface area contributed by atoms with Gasteiger partial charge in [-0.25, -0.2) is 4.39 Å². The van der Waals surface area contributed by atoms with Gasteiger partial charge in [-0.15, -0.1) is 0 Å². The molecule has 1 aromatic rings. The number of aliphatic hydroxyl groups excluding tert-OH is 1. The van der Waals surface area contributed by atoms with Crippen LogP contribution in [0.4, 0.5) is 48.3 Å². The first-order valence-electron chi connectivity index (χ1n) is 8.15. The first-order valence-corrected chi connectivity index (χ1v) is 8.15. The van der Waals surface area contributed by atoms with E-state index < -0.39 is 53.4 Å². The van der Waals surface area contributed by atoms with Gasteiger partial charge in [0.25, 0.3) is 5.67 Å². The van der Waals surface area contributed by atoms with E-state index >= 15 is 0 Å². The van der Waals surface area contributed by atoms with Gasteiger partial charge in [0.1, 0.15) is 0 Å². The Balaban J connectivity index is 2.56. The van der Waals surface area contributed by atoms with Crippen LogP contribution in [0.3, 0.4) is 0 Å².